The summed E-state index contributed by atoms with van der Waals surface area (Å²) in [5, 5.41) is 0. The molecule has 2 aliphatic rings. The molecule has 0 spiro atoms. The monoisotopic (exact) mass is 377 g/mol. The molecule has 0 saturated carbocycles. The highest BCUT2D eigenvalue weighted by molar-refractivity contribution is 5.93. The molecule has 144 valence electrons. The first-order valence-electron chi connectivity index (χ1n) is 9.85. The molecule has 0 unspecified atom stereocenters. The van der Waals surface area contributed by atoms with Crippen LogP contribution in [0.1, 0.15) is 46.9 Å². The predicted molar refractivity (Wildman–Crippen MR) is 105 cm³/mol. The van der Waals surface area contributed by atoms with Crippen LogP contribution in [-0.2, 0) is 0 Å². The SMILES string of the molecule is Cc1cccn2cc(C(=O)N3CCC[C@@H]3c3ccc4c(c3)OCCCO4)nc12. The van der Waals surface area contributed by atoms with Crippen LogP contribution in [0.15, 0.2) is 42.7 Å². The third-order valence-corrected chi connectivity index (χ3v) is 5.57. The zero-order valence-corrected chi connectivity index (χ0v) is 15.9. The van der Waals surface area contributed by atoms with Crippen molar-refractivity contribution >= 4 is 11.6 Å². The van der Waals surface area contributed by atoms with E-state index in [1.165, 1.54) is 0 Å². The van der Waals surface area contributed by atoms with Gasteiger partial charge in [0.05, 0.1) is 19.3 Å². The van der Waals surface area contributed by atoms with Crippen molar-refractivity contribution in [1.29, 1.82) is 0 Å². The van der Waals surface area contributed by atoms with E-state index in [1.807, 2.05) is 52.9 Å². The van der Waals surface area contributed by atoms with Crippen LogP contribution in [0.5, 0.6) is 11.5 Å². The van der Waals surface area contributed by atoms with Crippen molar-refractivity contribution in [2.24, 2.45) is 0 Å². The Morgan fingerprint density at radius 1 is 1.14 bits per heavy atom. The molecular weight excluding hydrogens is 354 g/mol. The van der Waals surface area contributed by atoms with Crippen LogP contribution in [0.4, 0.5) is 0 Å². The number of aromatic nitrogens is 2. The second kappa shape index (κ2) is 6.86. The van der Waals surface area contributed by atoms with Crippen LogP contribution in [0.2, 0.25) is 0 Å². The Morgan fingerprint density at radius 2 is 2.00 bits per heavy atom. The molecule has 2 aliphatic heterocycles. The van der Waals surface area contributed by atoms with E-state index in [1.54, 1.807) is 0 Å². The summed E-state index contributed by atoms with van der Waals surface area (Å²) >= 11 is 0. The quantitative estimate of drug-likeness (QED) is 0.682. The lowest BCUT2D eigenvalue weighted by atomic mass is 10.0. The van der Waals surface area contributed by atoms with Gasteiger partial charge >= 0.3 is 0 Å². The molecule has 0 N–H and O–H groups in total. The topological polar surface area (TPSA) is 56.1 Å². The number of carbonyl (C=O) groups excluding carboxylic acids is 1. The van der Waals surface area contributed by atoms with Gasteiger partial charge in [-0.2, -0.15) is 0 Å². The standard InChI is InChI=1S/C22H23N3O3/c1-15-5-2-9-24-14-17(23-21(15)24)22(26)25-10-3-6-18(25)16-7-8-19-20(13-16)28-12-4-11-27-19/h2,5,7-9,13-14,18H,3-4,6,10-12H2,1H3/t18-/m1/s1. The zero-order chi connectivity index (χ0) is 19.1. The number of hydrogen-bond donors (Lipinski definition) is 0. The molecule has 3 aromatic rings. The van der Waals surface area contributed by atoms with E-state index in [2.05, 4.69) is 11.1 Å². The van der Waals surface area contributed by atoms with Gasteiger partial charge in [-0.1, -0.05) is 12.1 Å². The summed E-state index contributed by atoms with van der Waals surface area (Å²) in [6, 6.07) is 10.1. The van der Waals surface area contributed by atoms with Crippen LogP contribution >= 0.6 is 0 Å². The van der Waals surface area contributed by atoms with Gasteiger partial charge in [0.15, 0.2) is 11.5 Å². The summed E-state index contributed by atoms with van der Waals surface area (Å²) in [6.45, 7) is 4.08. The fraction of sp³-hybridized carbons (Fsp3) is 0.364. The molecule has 4 heterocycles. The van der Waals surface area contributed by atoms with Gasteiger partial charge < -0.3 is 18.8 Å². The minimum Gasteiger partial charge on any atom is -0.490 e. The van der Waals surface area contributed by atoms with Gasteiger partial charge in [-0.05, 0) is 49.1 Å². The van der Waals surface area contributed by atoms with Gasteiger partial charge in [0.2, 0.25) is 0 Å². The van der Waals surface area contributed by atoms with Crippen LogP contribution in [0.3, 0.4) is 0 Å². The maximum absolute atomic E-state index is 13.2. The van der Waals surface area contributed by atoms with Crippen molar-refractivity contribution in [3.8, 4) is 11.5 Å². The van der Waals surface area contributed by atoms with E-state index in [-0.39, 0.29) is 11.9 Å². The van der Waals surface area contributed by atoms with Crippen molar-refractivity contribution in [2.75, 3.05) is 19.8 Å². The summed E-state index contributed by atoms with van der Waals surface area (Å²) in [5.41, 5.74) is 3.48. The Hall–Kier alpha value is -3.02. The van der Waals surface area contributed by atoms with Gasteiger partial charge in [-0.25, -0.2) is 4.98 Å². The van der Waals surface area contributed by atoms with Crippen LogP contribution < -0.4 is 9.47 Å². The first-order chi connectivity index (χ1) is 13.7. The normalized spacial score (nSPS) is 19.0. The van der Waals surface area contributed by atoms with E-state index in [0.29, 0.717) is 18.9 Å². The number of carbonyl (C=O) groups is 1. The molecule has 1 amide bonds. The van der Waals surface area contributed by atoms with Crippen LogP contribution in [0, 0.1) is 6.92 Å². The van der Waals surface area contributed by atoms with Crippen LogP contribution in [-0.4, -0.2) is 40.0 Å². The molecule has 0 radical (unpaired) electrons. The van der Waals surface area contributed by atoms with Crippen molar-refractivity contribution in [3.63, 3.8) is 0 Å². The highest BCUT2D eigenvalue weighted by Crippen LogP contribution is 2.38. The highest BCUT2D eigenvalue weighted by atomic mass is 16.5. The van der Waals surface area contributed by atoms with Crippen molar-refractivity contribution in [1.82, 2.24) is 14.3 Å². The van der Waals surface area contributed by atoms with E-state index in [9.17, 15) is 4.79 Å². The zero-order valence-electron chi connectivity index (χ0n) is 15.9. The minimum absolute atomic E-state index is 0.0160. The lowest BCUT2D eigenvalue weighted by Crippen LogP contribution is -2.30. The molecule has 1 aromatic carbocycles. The van der Waals surface area contributed by atoms with Crippen molar-refractivity contribution in [3.05, 3.63) is 59.5 Å². The average molecular weight is 377 g/mol. The molecule has 1 fully saturated rings. The lowest BCUT2D eigenvalue weighted by molar-refractivity contribution is 0.0730. The third-order valence-electron chi connectivity index (χ3n) is 5.57. The predicted octanol–water partition coefficient (Wildman–Crippen LogP) is 3.78. The summed E-state index contributed by atoms with van der Waals surface area (Å²) in [5.74, 6) is 1.54. The van der Waals surface area contributed by atoms with Gasteiger partial charge in [-0.15, -0.1) is 0 Å². The van der Waals surface area contributed by atoms with Gasteiger partial charge in [0, 0.05) is 25.4 Å². The maximum Gasteiger partial charge on any atom is 0.274 e. The number of amides is 1. The van der Waals surface area contributed by atoms with Gasteiger partial charge in [0.25, 0.3) is 5.91 Å². The number of ether oxygens (including phenoxy) is 2. The second-order valence-corrected chi connectivity index (χ2v) is 7.46. The number of imidazole rings is 1. The fourth-order valence-electron chi connectivity index (χ4n) is 4.15. The summed E-state index contributed by atoms with van der Waals surface area (Å²) in [6.07, 6.45) is 6.56. The summed E-state index contributed by atoms with van der Waals surface area (Å²) in [7, 11) is 0. The van der Waals surface area contributed by atoms with E-state index in [0.717, 1.165) is 54.1 Å². The van der Waals surface area contributed by atoms with Crippen molar-refractivity contribution in [2.45, 2.75) is 32.2 Å². The molecule has 28 heavy (non-hydrogen) atoms. The molecule has 1 atom stereocenters. The first kappa shape index (κ1) is 17.1. The summed E-state index contributed by atoms with van der Waals surface area (Å²) in [4.78, 5) is 19.8. The maximum atomic E-state index is 13.2. The highest BCUT2D eigenvalue weighted by Gasteiger charge is 2.32. The van der Waals surface area contributed by atoms with Gasteiger partial charge in [0.1, 0.15) is 11.3 Å². The Kier molecular flexibility index (Phi) is 4.19. The van der Waals surface area contributed by atoms with Crippen LogP contribution in [0.25, 0.3) is 5.65 Å². The largest absolute Gasteiger partial charge is 0.490 e. The number of hydrogen-bond acceptors (Lipinski definition) is 4. The average Bonchev–Trinajstić information content (AvgIpc) is 3.30. The van der Waals surface area contributed by atoms with E-state index in [4.69, 9.17) is 9.47 Å². The molecule has 0 bridgehead atoms. The molecule has 6 heteroatoms. The third kappa shape index (κ3) is 2.89. The first-order valence-corrected chi connectivity index (χ1v) is 9.85. The molecule has 6 nitrogen and oxygen atoms in total. The lowest BCUT2D eigenvalue weighted by Gasteiger charge is -2.25. The number of benzene rings is 1. The van der Waals surface area contributed by atoms with E-state index < -0.39 is 0 Å². The number of aryl methyl sites for hydroxylation is 1. The number of likely N-dealkylation sites (tertiary alicyclic amines) is 1. The molecule has 0 aliphatic carbocycles. The smallest absolute Gasteiger partial charge is 0.274 e. The Bertz CT molecular complexity index is 1040. The van der Waals surface area contributed by atoms with Crippen molar-refractivity contribution < 1.29 is 14.3 Å². The number of pyridine rings is 1. The molecule has 2 aromatic heterocycles. The Balaban J connectivity index is 1.45. The Morgan fingerprint density at radius 3 is 2.86 bits per heavy atom. The molecule has 5 rings (SSSR count). The van der Waals surface area contributed by atoms with E-state index >= 15 is 0 Å². The summed E-state index contributed by atoms with van der Waals surface area (Å²) < 4.78 is 13.5. The van der Waals surface area contributed by atoms with Gasteiger partial charge in [-0.3, -0.25) is 4.79 Å². The number of nitrogens with zero attached hydrogens (tertiary/aromatic N) is 3. The fourth-order valence-corrected chi connectivity index (χ4v) is 4.15. The molecular formula is C22H23N3O3. The number of fused-ring (bicyclic) bond motifs is 2. The minimum atomic E-state index is -0.0160. The Labute approximate surface area is 163 Å². The molecule has 1 saturated heterocycles. The second-order valence-electron chi connectivity index (χ2n) is 7.46. The number of rotatable bonds is 2.